The van der Waals surface area contributed by atoms with Gasteiger partial charge in [0.15, 0.2) is 0 Å². The molecule has 74 valence electrons. The van der Waals surface area contributed by atoms with Crippen LogP contribution in [0, 0.1) is 6.92 Å². The van der Waals surface area contributed by atoms with Crippen LogP contribution in [0.4, 0.5) is 0 Å². The predicted octanol–water partition coefficient (Wildman–Crippen LogP) is 0.886. The van der Waals surface area contributed by atoms with Gasteiger partial charge in [0.1, 0.15) is 11.6 Å². The van der Waals surface area contributed by atoms with E-state index in [4.69, 9.17) is 5.73 Å². The molecule has 13 heavy (non-hydrogen) atoms. The summed E-state index contributed by atoms with van der Waals surface area (Å²) in [6.45, 7) is 7.03. The number of rotatable bonds is 4. The molecule has 1 rings (SSSR count). The Balaban J connectivity index is 2.65. The smallest absolute Gasteiger partial charge is 0.133 e. The number of nitrogens with two attached hydrogens (primary N) is 1. The van der Waals surface area contributed by atoms with E-state index < -0.39 is 0 Å². The van der Waals surface area contributed by atoms with E-state index in [1.165, 1.54) is 0 Å². The fourth-order valence-electron chi connectivity index (χ4n) is 1.38. The summed E-state index contributed by atoms with van der Waals surface area (Å²) in [7, 11) is 0. The zero-order chi connectivity index (χ0) is 9.84. The summed E-state index contributed by atoms with van der Waals surface area (Å²) < 4.78 is 2.13. The van der Waals surface area contributed by atoms with Gasteiger partial charge in [-0.2, -0.15) is 0 Å². The lowest BCUT2D eigenvalue weighted by molar-refractivity contribution is 0.608. The second-order valence-corrected chi connectivity index (χ2v) is 3.42. The molecule has 0 aliphatic carbocycles. The SMILES string of the molecule is CCn1c(C)nnc1CCC(C)N. The summed E-state index contributed by atoms with van der Waals surface area (Å²) in [4.78, 5) is 0. The summed E-state index contributed by atoms with van der Waals surface area (Å²) in [6.07, 6.45) is 1.89. The Morgan fingerprint density at radius 3 is 2.69 bits per heavy atom. The number of nitrogens with zero attached hydrogens (tertiary/aromatic N) is 3. The van der Waals surface area contributed by atoms with E-state index in [0.717, 1.165) is 31.0 Å². The highest BCUT2D eigenvalue weighted by molar-refractivity contribution is 4.94. The van der Waals surface area contributed by atoms with Crippen molar-refractivity contribution in [3.8, 4) is 0 Å². The van der Waals surface area contributed by atoms with E-state index >= 15 is 0 Å². The minimum absolute atomic E-state index is 0.238. The third kappa shape index (κ3) is 2.52. The van der Waals surface area contributed by atoms with Crippen LogP contribution in [0.3, 0.4) is 0 Å². The largest absolute Gasteiger partial charge is 0.328 e. The Hall–Kier alpha value is -0.900. The van der Waals surface area contributed by atoms with Gasteiger partial charge in [0, 0.05) is 19.0 Å². The standard InChI is InChI=1S/C9H18N4/c1-4-13-8(3)11-12-9(13)6-5-7(2)10/h7H,4-6,10H2,1-3H3. The highest BCUT2D eigenvalue weighted by atomic mass is 15.3. The maximum atomic E-state index is 5.68. The number of hydrogen-bond donors (Lipinski definition) is 1. The van der Waals surface area contributed by atoms with Crippen molar-refractivity contribution in [2.24, 2.45) is 5.73 Å². The Kier molecular flexibility index (Phi) is 3.42. The third-order valence-electron chi connectivity index (χ3n) is 2.15. The van der Waals surface area contributed by atoms with Gasteiger partial charge in [-0.15, -0.1) is 10.2 Å². The molecule has 4 nitrogen and oxygen atoms in total. The highest BCUT2D eigenvalue weighted by Crippen LogP contribution is 2.04. The molecule has 1 atom stereocenters. The molecule has 0 radical (unpaired) electrons. The van der Waals surface area contributed by atoms with E-state index in [-0.39, 0.29) is 6.04 Å². The second kappa shape index (κ2) is 4.37. The quantitative estimate of drug-likeness (QED) is 0.752. The van der Waals surface area contributed by atoms with Crippen molar-refractivity contribution in [2.75, 3.05) is 0 Å². The van der Waals surface area contributed by atoms with Gasteiger partial charge in [-0.25, -0.2) is 0 Å². The van der Waals surface area contributed by atoms with E-state index in [1.54, 1.807) is 0 Å². The van der Waals surface area contributed by atoms with Crippen LogP contribution >= 0.6 is 0 Å². The zero-order valence-corrected chi connectivity index (χ0v) is 8.62. The molecule has 0 aromatic carbocycles. The van der Waals surface area contributed by atoms with Crippen LogP contribution in [0.2, 0.25) is 0 Å². The zero-order valence-electron chi connectivity index (χ0n) is 8.62. The van der Waals surface area contributed by atoms with Gasteiger partial charge in [-0.1, -0.05) is 0 Å². The highest BCUT2D eigenvalue weighted by Gasteiger charge is 2.07. The minimum atomic E-state index is 0.238. The summed E-state index contributed by atoms with van der Waals surface area (Å²) in [6, 6.07) is 0.238. The second-order valence-electron chi connectivity index (χ2n) is 3.42. The van der Waals surface area contributed by atoms with Crippen molar-refractivity contribution in [1.29, 1.82) is 0 Å². The van der Waals surface area contributed by atoms with Crippen LogP contribution < -0.4 is 5.73 Å². The monoisotopic (exact) mass is 182 g/mol. The van der Waals surface area contributed by atoms with Gasteiger partial charge in [0.05, 0.1) is 0 Å². The molecule has 0 aliphatic heterocycles. The summed E-state index contributed by atoms with van der Waals surface area (Å²) in [5.41, 5.74) is 5.68. The van der Waals surface area contributed by atoms with Crippen molar-refractivity contribution in [1.82, 2.24) is 14.8 Å². The molecule has 0 saturated carbocycles. The van der Waals surface area contributed by atoms with Gasteiger partial charge in [0.25, 0.3) is 0 Å². The number of aryl methyl sites for hydroxylation is 2. The third-order valence-corrected chi connectivity index (χ3v) is 2.15. The minimum Gasteiger partial charge on any atom is -0.328 e. The van der Waals surface area contributed by atoms with Crippen LogP contribution in [-0.2, 0) is 13.0 Å². The van der Waals surface area contributed by atoms with Gasteiger partial charge in [-0.05, 0) is 27.2 Å². The van der Waals surface area contributed by atoms with Crippen molar-refractivity contribution in [3.63, 3.8) is 0 Å². The van der Waals surface area contributed by atoms with Gasteiger partial charge in [-0.3, -0.25) is 0 Å². The molecule has 4 heteroatoms. The normalized spacial score (nSPS) is 13.2. The maximum absolute atomic E-state index is 5.68. The molecule has 2 N–H and O–H groups in total. The Morgan fingerprint density at radius 1 is 1.46 bits per heavy atom. The topological polar surface area (TPSA) is 56.7 Å². The first-order valence-electron chi connectivity index (χ1n) is 4.79. The van der Waals surface area contributed by atoms with Gasteiger partial charge < -0.3 is 10.3 Å². The molecular formula is C9H18N4. The summed E-state index contributed by atoms with van der Waals surface area (Å²) >= 11 is 0. The van der Waals surface area contributed by atoms with E-state index in [2.05, 4.69) is 21.7 Å². The fraction of sp³-hybridized carbons (Fsp3) is 0.778. The molecule has 0 fully saturated rings. The van der Waals surface area contributed by atoms with Crippen LogP contribution in [0.1, 0.15) is 31.9 Å². The van der Waals surface area contributed by atoms with Crippen LogP contribution in [0.5, 0.6) is 0 Å². The van der Waals surface area contributed by atoms with E-state index in [0.29, 0.717) is 0 Å². The molecule has 1 aromatic rings. The molecule has 0 spiro atoms. The number of aromatic nitrogens is 3. The van der Waals surface area contributed by atoms with Crippen LogP contribution in [-0.4, -0.2) is 20.8 Å². The molecule has 0 aliphatic rings. The summed E-state index contributed by atoms with van der Waals surface area (Å²) in [5, 5.41) is 8.15. The van der Waals surface area contributed by atoms with E-state index in [1.807, 2.05) is 13.8 Å². The van der Waals surface area contributed by atoms with Crippen LogP contribution in [0.15, 0.2) is 0 Å². The average molecular weight is 182 g/mol. The molecular weight excluding hydrogens is 164 g/mol. The first kappa shape index (κ1) is 10.2. The van der Waals surface area contributed by atoms with Crippen molar-refractivity contribution in [3.05, 3.63) is 11.6 Å². The van der Waals surface area contributed by atoms with Gasteiger partial charge in [0.2, 0.25) is 0 Å². The van der Waals surface area contributed by atoms with Crippen molar-refractivity contribution >= 4 is 0 Å². The van der Waals surface area contributed by atoms with Gasteiger partial charge >= 0.3 is 0 Å². The first-order valence-corrected chi connectivity index (χ1v) is 4.79. The lowest BCUT2D eigenvalue weighted by Crippen LogP contribution is -2.16. The molecule has 0 saturated heterocycles. The lowest BCUT2D eigenvalue weighted by atomic mass is 10.2. The molecule has 1 aromatic heterocycles. The molecule has 0 bridgehead atoms. The average Bonchev–Trinajstić information content (AvgIpc) is 2.42. The lowest BCUT2D eigenvalue weighted by Gasteiger charge is -2.06. The Morgan fingerprint density at radius 2 is 2.15 bits per heavy atom. The van der Waals surface area contributed by atoms with Crippen LogP contribution in [0.25, 0.3) is 0 Å². The molecule has 1 unspecified atom stereocenters. The Labute approximate surface area is 79.2 Å². The predicted molar refractivity (Wildman–Crippen MR) is 52.4 cm³/mol. The number of hydrogen-bond acceptors (Lipinski definition) is 3. The fourth-order valence-corrected chi connectivity index (χ4v) is 1.38. The molecule has 0 amide bonds. The molecule has 1 heterocycles. The van der Waals surface area contributed by atoms with Crippen molar-refractivity contribution < 1.29 is 0 Å². The van der Waals surface area contributed by atoms with E-state index in [9.17, 15) is 0 Å². The van der Waals surface area contributed by atoms with Crippen molar-refractivity contribution in [2.45, 2.75) is 46.2 Å². The Bertz CT molecular complexity index is 265. The first-order chi connectivity index (χ1) is 6.15. The maximum Gasteiger partial charge on any atom is 0.133 e. The summed E-state index contributed by atoms with van der Waals surface area (Å²) in [5.74, 6) is 2.04.